The average molecular weight is 659 g/mol. The predicted molar refractivity (Wildman–Crippen MR) is 190 cm³/mol. The number of aliphatic carboxylic acids is 1. The molecule has 2 atom stereocenters. The van der Waals surface area contributed by atoms with E-state index < -0.39 is 24.5 Å². The summed E-state index contributed by atoms with van der Waals surface area (Å²) in [7, 11) is 0. The lowest BCUT2D eigenvalue weighted by molar-refractivity contribution is -0.150. The summed E-state index contributed by atoms with van der Waals surface area (Å²) in [5.41, 5.74) is 0. The average Bonchev–Trinajstić information content (AvgIpc) is 3.05. The van der Waals surface area contributed by atoms with Gasteiger partial charge in [0.15, 0.2) is 0 Å². The molecule has 9 nitrogen and oxygen atoms in total. The first-order valence-electron chi connectivity index (χ1n) is 17.7. The lowest BCUT2D eigenvalue weighted by Gasteiger charge is -2.18. The van der Waals surface area contributed by atoms with Crippen LogP contribution in [-0.2, 0) is 23.9 Å². The molecule has 4 N–H and O–H groups in total. The molecule has 0 aliphatic heterocycles. The van der Waals surface area contributed by atoms with Gasteiger partial charge >= 0.3 is 11.9 Å². The summed E-state index contributed by atoms with van der Waals surface area (Å²) in [6.45, 7) is 3.23. The lowest BCUT2D eigenvalue weighted by atomic mass is 10.0. The number of allylic oxidation sites excluding steroid dienone is 10. The van der Waals surface area contributed by atoms with Gasteiger partial charge in [0.2, 0.25) is 11.8 Å². The highest BCUT2D eigenvalue weighted by Crippen LogP contribution is 2.17. The number of esters is 1. The maximum atomic E-state index is 12.5. The first kappa shape index (κ1) is 43.5. The zero-order chi connectivity index (χ0) is 34.8. The second-order valence-electron chi connectivity index (χ2n) is 11.6. The summed E-state index contributed by atoms with van der Waals surface area (Å²) in [5.74, 6) is -2.47. The zero-order valence-corrected chi connectivity index (χ0v) is 29.0. The van der Waals surface area contributed by atoms with Crippen LogP contribution in [0.3, 0.4) is 0 Å². The third kappa shape index (κ3) is 29.7. The van der Waals surface area contributed by atoms with E-state index in [1.54, 1.807) is 0 Å². The molecule has 0 spiro atoms. The number of carboxylic acids is 1. The minimum Gasteiger partial charge on any atom is -0.480 e. The van der Waals surface area contributed by atoms with E-state index in [-0.39, 0.29) is 30.9 Å². The van der Waals surface area contributed by atoms with E-state index in [1.807, 2.05) is 0 Å². The number of carbonyl (C=O) groups excluding carboxylic acids is 3. The molecule has 266 valence electrons. The predicted octanol–water partition coefficient (Wildman–Crippen LogP) is 7.42. The number of aliphatic hydroxyl groups is 1. The fourth-order valence-corrected chi connectivity index (χ4v) is 4.57. The van der Waals surface area contributed by atoms with E-state index in [1.165, 1.54) is 0 Å². The van der Waals surface area contributed by atoms with Crippen LogP contribution in [0.15, 0.2) is 60.8 Å². The van der Waals surface area contributed by atoms with Gasteiger partial charge in [-0.05, 0) is 77.0 Å². The Bertz CT molecular complexity index is 985. The highest BCUT2D eigenvalue weighted by molar-refractivity contribution is 5.87. The fraction of sp³-hybridized carbons (Fsp3) is 0.632. The number of unbranched alkanes of at least 4 members (excludes halogenated alkanes) is 6. The molecule has 0 aromatic rings. The molecule has 0 bridgehead atoms. The molecule has 0 aromatic carbocycles. The number of ether oxygens (including phenoxy) is 1. The molecular formula is C38H62N2O7. The van der Waals surface area contributed by atoms with Gasteiger partial charge in [0.1, 0.15) is 12.1 Å². The molecule has 0 rings (SSSR count). The fourth-order valence-electron chi connectivity index (χ4n) is 4.57. The van der Waals surface area contributed by atoms with Crippen molar-refractivity contribution in [2.45, 2.75) is 142 Å². The number of carbonyl (C=O) groups is 4. The summed E-state index contributed by atoms with van der Waals surface area (Å²) in [6, 6.07) is -1.40. The van der Waals surface area contributed by atoms with E-state index in [0.29, 0.717) is 12.8 Å². The van der Waals surface area contributed by atoms with Crippen molar-refractivity contribution in [1.82, 2.24) is 10.6 Å². The van der Waals surface area contributed by atoms with Crippen LogP contribution in [-0.4, -0.2) is 59.3 Å². The number of hydrogen-bond donors (Lipinski definition) is 4. The summed E-state index contributed by atoms with van der Waals surface area (Å²) in [5, 5.41) is 22.4. The minimum absolute atomic E-state index is 0.112. The van der Waals surface area contributed by atoms with Gasteiger partial charge in [0, 0.05) is 12.8 Å². The Labute approximate surface area is 283 Å². The van der Waals surface area contributed by atoms with Crippen LogP contribution in [0.2, 0.25) is 0 Å². The van der Waals surface area contributed by atoms with Crippen molar-refractivity contribution in [3.8, 4) is 0 Å². The number of carboxylic acid groups (broad SMARTS) is 1. The molecule has 2 amide bonds. The van der Waals surface area contributed by atoms with Crippen molar-refractivity contribution in [2.24, 2.45) is 0 Å². The quantitative estimate of drug-likeness (QED) is 0.0357. The van der Waals surface area contributed by atoms with Gasteiger partial charge in [-0.1, -0.05) is 100 Å². The van der Waals surface area contributed by atoms with Crippen LogP contribution in [0, 0.1) is 0 Å². The summed E-state index contributed by atoms with van der Waals surface area (Å²) < 4.78 is 5.84. The molecule has 9 heteroatoms. The minimum atomic E-state index is -1.40. The normalized spacial score (nSPS) is 13.3. The molecule has 0 fully saturated rings. The highest BCUT2D eigenvalue weighted by atomic mass is 16.5. The van der Waals surface area contributed by atoms with Crippen LogP contribution in [0.1, 0.15) is 129 Å². The van der Waals surface area contributed by atoms with Gasteiger partial charge in [0.25, 0.3) is 0 Å². The molecule has 0 aliphatic carbocycles. The molecule has 0 saturated heterocycles. The zero-order valence-electron chi connectivity index (χ0n) is 29.0. The standard InChI is InChI=1S/C38H62N2O7/c1-3-5-7-9-10-11-12-13-14-15-16-17-18-19-20-21-26-30-37(44)47-33(27-23-8-6-4-2)28-24-22-25-29-35(42)39-31-36(43)40-34(32-41)38(45)46/h5,7,10-11,13-14,16-17,19-20,33-34,41H,3-4,6,8-9,12,15,18,21-32H2,1-2H3,(H,39,42)(H,40,43)(H,45,46)/b7-5-,11-10-,14-13-,17-16-,20-19-. The van der Waals surface area contributed by atoms with Crippen LogP contribution < -0.4 is 10.6 Å². The van der Waals surface area contributed by atoms with Crippen molar-refractivity contribution in [2.75, 3.05) is 13.2 Å². The number of hydrogen-bond acceptors (Lipinski definition) is 6. The second kappa shape index (κ2) is 32.5. The van der Waals surface area contributed by atoms with Crippen LogP contribution in [0.4, 0.5) is 0 Å². The van der Waals surface area contributed by atoms with Crippen molar-refractivity contribution >= 4 is 23.8 Å². The largest absolute Gasteiger partial charge is 0.480 e. The molecule has 2 unspecified atom stereocenters. The molecule has 0 radical (unpaired) electrons. The maximum Gasteiger partial charge on any atom is 0.328 e. The Kier molecular flexibility index (Phi) is 30.1. The van der Waals surface area contributed by atoms with E-state index in [2.05, 4.69) is 85.2 Å². The van der Waals surface area contributed by atoms with Gasteiger partial charge in [-0.2, -0.15) is 0 Å². The van der Waals surface area contributed by atoms with Gasteiger partial charge in [-0.25, -0.2) is 4.79 Å². The number of rotatable bonds is 30. The van der Waals surface area contributed by atoms with E-state index in [0.717, 1.165) is 96.3 Å². The summed E-state index contributed by atoms with van der Waals surface area (Å²) in [6.07, 6.45) is 37.0. The number of amides is 2. The second-order valence-corrected chi connectivity index (χ2v) is 11.6. The summed E-state index contributed by atoms with van der Waals surface area (Å²) in [4.78, 5) is 47.2. The Morgan fingerprint density at radius 2 is 1.21 bits per heavy atom. The van der Waals surface area contributed by atoms with Gasteiger partial charge in [-0.3, -0.25) is 14.4 Å². The smallest absolute Gasteiger partial charge is 0.328 e. The Morgan fingerprint density at radius 3 is 1.74 bits per heavy atom. The topological polar surface area (TPSA) is 142 Å². The Hall–Kier alpha value is -3.46. The van der Waals surface area contributed by atoms with Crippen molar-refractivity contribution in [1.29, 1.82) is 0 Å². The van der Waals surface area contributed by atoms with E-state index in [9.17, 15) is 19.2 Å². The molecular weight excluding hydrogens is 596 g/mol. The highest BCUT2D eigenvalue weighted by Gasteiger charge is 2.19. The van der Waals surface area contributed by atoms with Gasteiger partial charge < -0.3 is 25.6 Å². The van der Waals surface area contributed by atoms with Crippen molar-refractivity contribution in [3.05, 3.63) is 60.8 Å². The third-order valence-corrected chi connectivity index (χ3v) is 7.28. The SMILES string of the molecule is CC/C=C\C/C=C\C/C=C\C/C=C\C/C=C\CCCC(=O)OC(CCCCCC)CCCCCC(=O)NCC(=O)NC(CO)C(=O)O. The Balaban J connectivity index is 4.20. The molecule has 0 heterocycles. The number of aliphatic hydroxyl groups excluding tert-OH is 1. The van der Waals surface area contributed by atoms with E-state index in [4.69, 9.17) is 14.9 Å². The van der Waals surface area contributed by atoms with E-state index >= 15 is 0 Å². The van der Waals surface area contributed by atoms with Crippen molar-refractivity contribution in [3.63, 3.8) is 0 Å². The monoisotopic (exact) mass is 658 g/mol. The van der Waals surface area contributed by atoms with Crippen molar-refractivity contribution < 1.29 is 34.1 Å². The molecule has 0 saturated carbocycles. The molecule has 47 heavy (non-hydrogen) atoms. The first-order valence-corrected chi connectivity index (χ1v) is 17.7. The maximum absolute atomic E-state index is 12.5. The molecule has 0 aliphatic rings. The number of nitrogens with one attached hydrogen (secondary N) is 2. The molecule has 0 aromatic heterocycles. The van der Waals surface area contributed by atoms with Crippen LogP contribution in [0.25, 0.3) is 0 Å². The first-order chi connectivity index (χ1) is 22.8. The summed E-state index contributed by atoms with van der Waals surface area (Å²) >= 11 is 0. The third-order valence-electron chi connectivity index (χ3n) is 7.28. The van der Waals surface area contributed by atoms with Gasteiger partial charge in [-0.15, -0.1) is 0 Å². The van der Waals surface area contributed by atoms with Crippen LogP contribution in [0.5, 0.6) is 0 Å². The van der Waals surface area contributed by atoms with Crippen LogP contribution >= 0.6 is 0 Å². The Morgan fingerprint density at radius 1 is 0.660 bits per heavy atom. The lowest BCUT2D eigenvalue weighted by Crippen LogP contribution is -2.47. The van der Waals surface area contributed by atoms with Gasteiger partial charge in [0.05, 0.1) is 13.2 Å².